The van der Waals surface area contributed by atoms with Gasteiger partial charge in [0.25, 0.3) is 5.56 Å². The fraction of sp³-hybridized carbons (Fsp3) is 0.406. The fourth-order valence-electron chi connectivity index (χ4n) is 4.71. The quantitative estimate of drug-likeness (QED) is 0.208. The van der Waals surface area contributed by atoms with Crippen LogP contribution in [-0.4, -0.2) is 44.6 Å². The van der Waals surface area contributed by atoms with Crippen molar-refractivity contribution in [3.05, 3.63) is 78.5 Å². The van der Waals surface area contributed by atoms with Crippen LogP contribution >= 0.6 is 11.3 Å². The van der Waals surface area contributed by atoms with Gasteiger partial charge in [-0.15, -0.1) is 0 Å². The molecule has 224 valence electrons. The molecule has 1 aliphatic heterocycles. The molecule has 0 saturated heterocycles. The van der Waals surface area contributed by atoms with Crippen LogP contribution in [0, 0.1) is 0 Å². The zero-order chi connectivity index (χ0) is 30.2. The largest absolute Gasteiger partial charge is 0.493 e. The smallest absolute Gasteiger partial charge is 0.338 e. The molecule has 2 aromatic carbocycles. The first-order chi connectivity index (χ1) is 20.4. The molecule has 1 aromatic heterocycles. The molecule has 1 aliphatic rings. The molecule has 2 heterocycles. The Labute approximate surface area is 249 Å². The lowest BCUT2D eigenvalue weighted by Gasteiger charge is -2.25. The van der Waals surface area contributed by atoms with E-state index in [1.54, 1.807) is 44.8 Å². The number of thiazole rings is 1. The monoisotopic (exact) mass is 594 g/mol. The number of hydrogen-bond donors (Lipinski definition) is 0. The second-order valence-corrected chi connectivity index (χ2v) is 10.7. The summed E-state index contributed by atoms with van der Waals surface area (Å²) in [7, 11) is 3.15. The lowest BCUT2D eigenvalue weighted by molar-refractivity contribution is -0.139. The van der Waals surface area contributed by atoms with E-state index in [0.717, 1.165) is 19.3 Å². The Kier molecular flexibility index (Phi) is 10.5. The predicted molar refractivity (Wildman–Crippen MR) is 163 cm³/mol. The van der Waals surface area contributed by atoms with Crippen molar-refractivity contribution in [3.8, 4) is 23.0 Å². The lowest BCUT2D eigenvalue weighted by atomic mass is 9.95. The summed E-state index contributed by atoms with van der Waals surface area (Å²) in [5.74, 6) is 1.73. The van der Waals surface area contributed by atoms with Gasteiger partial charge in [0.05, 0.1) is 55.9 Å². The number of carbonyl (C=O) groups excluding carboxylic acids is 1. The van der Waals surface area contributed by atoms with Gasteiger partial charge >= 0.3 is 5.97 Å². The molecule has 4 rings (SSSR count). The van der Waals surface area contributed by atoms with Crippen molar-refractivity contribution in [3.63, 3.8) is 0 Å². The Balaban J connectivity index is 1.91. The lowest BCUT2D eigenvalue weighted by Crippen LogP contribution is -2.40. The van der Waals surface area contributed by atoms with Gasteiger partial charge in [-0.25, -0.2) is 9.79 Å². The molecule has 0 fully saturated rings. The molecule has 0 amide bonds. The number of carbonyl (C=O) groups is 1. The van der Waals surface area contributed by atoms with E-state index in [-0.39, 0.29) is 12.2 Å². The number of esters is 1. The summed E-state index contributed by atoms with van der Waals surface area (Å²) in [6.07, 6.45) is 4.52. The molecule has 3 aromatic rings. The maximum atomic E-state index is 14.1. The van der Waals surface area contributed by atoms with E-state index in [1.807, 2.05) is 37.3 Å². The van der Waals surface area contributed by atoms with Crippen LogP contribution in [0.15, 0.2) is 57.5 Å². The molecule has 42 heavy (non-hydrogen) atoms. The fourth-order valence-corrected chi connectivity index (χ4v) is 5.75. The number of para-hydroxylation sites is 1. The molecule has 1 atom stereocenters. The summed E-state index contributed by atoms with van der Waals surface area (Å²) in [4.78, 5) is 32.5. The summed E-state index contributed by atoms with van der Waals surface area (Å²) in [6.45, 7) is 8.88. The minimum Gasteiger partial charge on any atom is -0.493 e. The van der Waals surface area contributed by atoms with Crippen molar-refractivity contribution < 1.29 is 28.5 Å². The standard InChI is InChI=1S/C32H38N2O7S/c1-7-10-17-40-23-15-14-21(18-25(23)38-6)28-27(31(36)39-9-3)20(4)33-32-34(28)30(35)26(42-32)19-22-12-11-13-24(37-5)29(22)41-16-8-2/h11-15,18-19,28H,7-10,16-17H2,1-6H3/b26-19+/t28-/m0/s1. The average Bonchev–Trinajstić information content (AvgIpc) is 3.29. The molecule has 10 heteroatoms. The van der Waals surface area contributed by atoms with E-state index in [4.69, 9.17) is 23.7 Å². The van der Waals surface area contributed by atoms with Gasteiger partial charge in [0, 0.05) is 5.56 Å². The average molecular weight is 595 g/mol. The van der Waals surface area contributed by atoms with Gasteiger partial charge in [-0.3, -0.25) is 9.36 Å². The molecule has 0 spiro atoms. The van der Waals surface area contributed by atoms with Crippen molar-refractivity contribution >= 4 is 23.4 Å². The number of hydrogen-bond acceptors (Lipinski definition) is 9. The summed E-state index contributed by atoms with van der Waals surface area (Å²) < 4.78 is 30.5. The van der Waals surface area contributed by atoms with E-state index in [9.17, 15) is 9.59 Å². The molecule has 9 nitrogen and oxygen atoms in total. The number of unbranched alkanes of at least 4 members (excludes halogenated alkanes) is 1. The van der Waals surface area contributed by atoms with E-state index in [0.29, 0.717) is 67.9 Å². The van der Waals surface area contributed by atoms with Gasteiger partial charge in [-0.1, -0.05) is 49.8 Å². The van der Waals surface area contributed by atoms with Crippen molar-refractivity contribution in [2.24, 2.45) is 4.99 Å². The minimum atomic E-state index is -0.776. The van der Waals surface area contributed by atoms with Gasteiger partial charge in [0.1, 0.15) is 0 Å². The highest BCUT2D eigenvalue weighted by atomic mass is 32.1. The van der Waals surface area contributed by atoms with Crippen LogP contribution < -0.4 is 33.8 Å². The Morgan fingerprint density at radius 2 is 1.79 bits per heavy atom. The van der Waals surface area contributed by atoms with Crippen molar-refractivity contribution in [1.82, 2.24) is 4.57 Å². The first-order valence-corrected chi connectivity index (χ1v) is 15.0. The number of nitrogens with zero attached hydrogens (tertiary/aromatic N) is 2. The molecule has 0 bridgehead atoms. The summed E-state index contributed by atoms with van der Waals surface area (Å²) in [5.41, 5.74) is 1.88. The normalized spacial score (nSPS) is 14.7. The first-order valence-electron chi connectivity index (χ1n) is 14.2. The maximum Gasteiger partial charge on any atom is 0.338 e. The third kappa shape index (κ3) is 6.38. The Bertz CT molecular complexity index is 1640. The van der Waals surface area contributed by atoms with Crippen LogP contribution in [0.4, 0.5) is 0 Å². The number of aromatic nitrogens is 1. The second kappa shape index (κ2) is 14.2. The molecule has 0 unspecified atom stereocenters. The minimum absolute atomic E-state index is 0.191. The van der Waals surface area contributed by atoms with Crippen molar-refractivity contribution in [1.29, 1.82) is 0 Å². The second-order valence-electron chi connectivity index (χ2n) is 9.64. The Morgan fingerprint density at radius 1 is 1.00 bits per heavy atom. The molecular formula is C32H38N2O7S. The third-order valence-electron chi connectivity index (χ3n) is 6.74. The number of ether oxygens (including phenoxy) is 5. The highest BCUT2D eigenvalue weighted by molar-refractivity contribution is 7.07. The highest BCUT2D eigenvalue weighted by Gasteiger charge is 2.34. The zero-order valence-electron chi connectivity index (χ0n) is 25.0. The van der Waals surface area contributed by atoms with Gasteiger partial charge in [-0.2, -0.15) is 0 Å². The predicted octanol–water partition coefficient (Wildman–Crippen LogP) is 4.78. The first kappa shape index (κ1) is 30.9. The van der Waals surface area contributed by atoms with E-state index in [2.05, 4.69) is 11.9 Å². The Hall–Kier alpha value is -4.05. The van der Waals surface area contributed by atoms with Crippen LogP contribution in [0.3, 0.4) is 0 Å². The van der Waals surface area contributed by atoms with Crippen LogP contribution in [0.2, 0.25) is 0 Å². The number of fused-ring (bicyclic) bond motifs is 1. The van der Waals surface area contributed by atoms with Crippen molar-refractivity contribution in [2.75, 3.05) is 34.0 Å². The molecule has 0 radical (unpaired) electrons. The SMILES string of the molecule is CCCCOc1ccc([C@H]2C(C(=O)OCC)=C(C)N=c3s/c(=C/c4cccc(OC)c4OCCC)c(=O)n32)cc1OC. The van der Waals surface area contributed by atoms with Crippen LogP contribution in [0.25, 0.3) is 6.08 Å². The van der Waals surface area contributed by atoms with Crippen LogP contribution in [0.5, 0.6) is 23.0 Å². The van der Waals surface area contributed by atoms with Gasteiger partial charge in [-0.05, 0) is 56.5 Å². The van der Waals surface area contributed by atoms with E-state index >= 15 is 0 Å². The van der Waals surface area contributed by atoms with Gasteiger partial charge in [0.15, 0.2) is 27.8 Å². The summed E-state index contributed by atoms with van der Waals surface area (Å²) in [5, 5.41) is 0. The maximum absolute atomic E-state index is 14.1. The van der Waals surface area contributed by atoms with E-state index in [1.165, 1.54) is 11.3 Å². The number of benzene rings is 2. The van der Waals surface area contributed by atoms with Gasteiger partial charge < -0.3 is 23.7 Å². The Morgan fingerprint density at radius 3 is 2.48 bits per heavy atom. The summed E-state index contributed by atoms with van der Waals surface area (Å²) in [6, 6.07) is 10.2. The van der Waals surface area contributed by atoms with Crippen LogP contribution in [0.1, 0.15) is 64.1 Å². The van der Waals surface area contributed by atoms with E-state index < -0.39 is 12.0 Å². The third-order valence-corrected chi connectivity index (χ3v) is 7.73. The molecule has 0 saturated carbocycles. The van der Waals surface area contributed by atoms with Gasteiger partial charge in [0.2, 0.25) is 0 Å². The van der Waals surface area contributed by atoms with Crippen LogP contribution in [-0.2, 0) is 9.53 Å². The number of allylic oxidation sites excluding steroid dienone is 1. The molecular weight excluding hydrogens is 556 g/mol. The number of methoxy groups -OCH3 is 2. The molecule has 0 N–H and O–H groups in total. The number of rotatable bonds is 13. The molecule has 0 aliphatic carbocycles. The highest BCUT2D eigenvalue weighted by Crippen LogP contribution is 2.36. The van der Waals surface area contributed by atoms with Crippen molar-refractivity contribution in [2.45, 2.75) is 53.0 Å². The topological polar surface area (TPSA) is 97.6 Å². The zero-order valence-corrected chi connectivity index (χ0v) is 25.8. The summed E-state index contributed by atoms with van der Waals surface area (Å²) >= 11 is 1.25.